The Morgan fingerprint density at radius 1 is 1.60 bits per heavy atom. The van der Waals surface area contributed by atoms with Gasteiger partial charge in [0.05, 0.1) is 12.7 Å². The van der Waals surface area contributed by atoms with Gasteiger partial charge in [0.25, 0.3) is 0 Å². The van der Waals surface area contributed by atoms with Gasteiger partial charge in [-0.2, -0.15) is 0 Å². The minimum Gasteiger partial charge on any atom is -0.395 e. The molecule has 60 valence electrons. The predicted molar refractivity (Wildman–Crippen MR) is 37.5 cm³/mol. The molecular weight excluding hydrogens is 132 g/mol. The molecule has 0 radical (unpaired) electrons. The van der Waals surface area contributed by atoms with E-state index in [-0.39, 0.29) is 18.7 Å². The van der Waals surface area contributed by atoms with Crippen LogP contribution >= 0.6 is 0 Å². The molecule has 1 rings (SSSR count). The standard InChI is InChI=1S/C6H14N2O2/c7-5-2-8-4(3-9)1-6(5)10/h4-6,8-10H,1-3,7H2/t4-,5-,6-/m0/s1. The fourth-order valence-corrected chi connectivity index (χ4v) is 1.13. The van der Waals surface area contributed by atoms with Crippen molar-refractivity contribution in [3.05, 3.63) is 0 Å². The Balaban J connectivity index is 2.33. The lowest BCUT2D eigenvalue weighted by Crippen LogP contribution is -2.54. The van der Waals surface area contributed by atoms with Gasteiger partial charge in [-0.1, -0.05) is 0 Å². The molecule has 3 atom stereocenters. The monoisotopic (exact) mass is 146 g/mol. The summed E-state index contributed by atoms with van der Waals surface area (Å²) in [6, 6.07) is -0.155. The highest BCUT2D eigenvalue weighted by Gasteiger charge is 2.24. The van der Waals surface area contributed by atoms with E-state index in [1.807, 2.05) is 0 Å². The number of hydrogen-bond acceptors (Lipinski definition) is 4. The maximum atomic E-state index is 9.20. The van der Waals surface area contributed by atoms with Gasteiger partial charge in [0.2, 0.25) is 0 Å². The highest BCUT2D eigenvalue weighted by molar-refractivity contribution is 4.85. The van der Waals surface area contributed by atoms with Gasteiger partial charge in [-0.05, 0) is 6.42 Å². The summed E-state index contributed by atoms with van der Waals surface area (Å²) < 4.78 is 0. The molecule has 1 heterocycles. The fraction of sp³-hybridized carbons (Fsp3) is 1.00. The first kappa shape index (κ1) is 7.94. The van der Waals surface area contributed by atoms with Gasteiger partial charge in [0.15, 0.2) is 0 Å². The van der Waals surface area contributed by atoms with Crippen LogP contribution in [0.4, 0.5) is 0 Å². The molecule has 0 bridgehead atoms. The van der Waals surface area contributed by atoms with Crippen LogP contribution in [0.25, 0.3) is 0 Å². The minimum absolute atomic E-state index is 0.0230. The Bertz CT molecular complexity index is 110. The Hall–Kier alpha value is -0.160. The molecule has 1 saturated heterocycles. The van der Waals surface area contributed by atoms with E-state index < -0.39 is 6.10 Å². The zero-order chi connectivity index (χ0) is 7.56. The zero-order valence-electron chi connectivity index (χ0n) is 5.83. The summed E-state index contributed by atoms with van der Waals surface area (Å²) in [6.45, 7) is 0.663. The second-order valence-corrected chi connectivity index (χ2v) is 2.75. The fourth-order valence-electron chi connectivity index (χ4n) is 1.13. The molecule has 5 N–H and O–H groups in total. The van der Waals surface area contributed by atoms with Crippen molar-refractivity contribution < 1.29 is 10.2 Å². The maximum Gasteiger partial charge on any atom is 0.0719 e. The molecule has 0 aromatic carbocycles. The van der Waals surface area contributed by atoms with Crippen LogP contribution in [0.5, 0.6) is 0 Å². The molecule has 1 aliphatic rings. The lowest BCUT2D eigenvalue weighted by atomic mass is 9.99. The predicted octanol–water partition coefficient (Wildman–Crippen LogP) is -1.97. The number of nitrogens with two attached hydrogens (primary N) is 1. The Kier molecular flexibility index (Phi) is 2.62. The maximum absolute atomic E-state index is 9.20. The summed E-state index contributed by atoms with van der Waals surface area (Å²) in [6.07, 6.45) is 0.0934. The Labute approximate surface area is 60.0 Å². The van der Waals surface area contributed by atoms with Crippen LogP contribution < -0.4 is 11.1 Å². The highest BCUT2D eigenvalue weighted by atomic mass is 16.3. The van der Waals surface area contributed by atoms with E-state index in [1.54, 1.807) is 0 Å². The number of piperidine rings is 1. The van der Waals surface area contributed by atoms with Crippen molar-refractivity contribution in [1.82, 2.24) is 5.32 Å². The second kappa shape index (κ2) is 3.30. The normalized spacial score (nSPS) is 41.7. The van der Waals surface area contributed by atoms with E-state index in [0.29, 0.717) is 13.0 Å². The first-order chi connectivity index (χ1) is 4.74. The molecular formula is C6H14N2O2. The summed E-state index contributed by atoms with van der Waals surface area (Å²) in [5.41, 5.74) is 5.50. The third-order valence-corrected chi connectivity index (χ3v) is 1.88. The third-order valence-electron chi connectivity index (χ3n) is 1.88. The van der Waals surface area contributed by atoms with Crippen LogP contribution in [0.1, 0.15) is 6.42 Å². The van der Waals surface area contributed by atoms with Gasteiger partial charge in [0.1, 0.15) is 0 Å². The van der Waals surface area contributed by atoms with Crippen molar-refractivity contribution in [3.8, 4) is 0 Å². The molecule has 1 fully saturated rings. The molecule has 0 spiro atoms. The number of aliphatic hydroxyl groups excluding tert-OH is 2. The van der Waals surface area contributed by atoms with Crippen molar-refractivity contribution >= 4 is 0 Å². The molecule has 0 saturated carbocycles. The SMILES string of the molecule is N[C@H]1CN[C@H](CO)C[C@@H]1O. The first-order valence-corrected chi connectivity index (χ1v) is 3.52. The van der Waals surface area contributed by atoms with Gasteiger partial charge in [-0.25, -0.2) is 0 Å². The lowest BCUT2D eigenvalue weighted by molar-refractivity contribution is 0.0785. The quantitative estimate of drug-likeness (QED) is 0.346. The smallest absolute Gasteiger partial charge is 0.0719 e. The molecule has 4 nitrogen and oxygen atoms in total. The number of hydrogen-bond donors (Lipinski definition) is 4. The summed E-state index contributed by atoms with van der Waals surface area (Å²) >= 11 is 0. The van der Waals surface area contributed by atoms with Crippen LogP contribution in [0, 0.1) is 0 Å². The van der Waals surface area contributed by atoms with Crippen LogP contribution in [-0.2, 0) is 0 Å². The van der Waals surface area contributed by atoms with Gasteiger partial charge in [-0.15, -0.1) is 0 Å². The van der Waals surface area contributed by atoms with Crippen molar-refractivity contribution in [3.63, 3.8) is 0 Å². The van der Waals surface area contributed by atoms with E-state index in [1.165, 1.54) is 0 Å². The van der Waals surface area contributed by atoms with Crippen molar-refractivity contribution in [2.75, 3.05) is 13.2 Å². The van der Waals surface area contributed by atoms with Gasteiger partial charge < -0.3 is 21.3 Å². The molecule has 0 amide bonds. The Morgan fingerprint density at radius 3 is 2.80 bits per heavy atom. The van der Waals surface area contributed by atoms with Crippen molar-refractivity contribution in [2.45, 2.75) is 24.6 Å². The molecule has 10 heavy (non-hydrogen) atoms. The molecule has 0 aromatic rings. The summed E-state index contributed by atoms with van der Waals surface area (Å²) in [5.74, 6) is 0. The third kappa shape index (κ3) is 1.67. The Morgan fingerprint density at radius 2 is 2.30 bits per heavy atom. The van der Waals surface area contributed by atoms with E-state index in [4.69, 9.17) is 10.8 Å². The molecule has 4 heteroatoms. The van der Waals surface area contributed by atoms with Crippen LogP contribution in [0.15, 0.2) is 0 Å². The van der Waals surface area contributed by atoms with Gasteiger partial charge >= 0.3 is 0 Å². The zero-order valence-corrected chi connectivity index (χ0v) is 5.83. The van der Waals surface area contributed by atoms with E-state index >= 15 is 0 Å². The molecule has 0 aromatic heterocycles. The summed E-state index contributed by atoms with van der Waals surface area (Å²) in [7, 11) is 0. The highest BCUT2D eigenvalue weighted by Crippen LogP contribution is 2.06. The van der Waals surface area contributed by atoms with Gasteiger partial charge in [-0.3, -0.25) is 0 Å². The van der Waals surface area contributed by atoms with Gasteiger partial charge in [0, 0.05) is 18.6 Å². The van der Waals surface area contributed by atoms with E-state index in [9.17, 15) is 5.11 Å². The largest absolute Gasteiger partial charge is 0.395 e. The van der Waals surface area contributed by atoms with Crippen LogP contribution in [0.3, 0.4) is 0 Å². The number of rotatable bonds is 1. The van der Waals surface area contributed by atoms with Crippen LogP contribution in [-0.4, -0.2) is 41.6 Å². The number of aliphatic hydroxyl groups is 2. The van der Waals surface area contributed by atoms with Crippen molar-refractivity contribution in [2.24, 2.45) is 5.73 Å². The molecule has 0 aliphatic carbocycles. The minimum atomic E-state index is -0.460. The molecule has 1 aliphatic heterocycles. The topological polar surface area (TPSA) is 78.5 Å². The average Bonchev–Trinajstić information content (AvgIpc) is 1.95. The summed E-state index contributed by atoms with van der Waals surface area (Å²) in [4.78, 5) is 0. The second-order valence-electron chi connectivity index (χ2n) is 2.75. The summed E-state index contributed by atoms with van der Waals surface area (Å²) in [5, 5.41) is 20.9. The average molecular weight is 146 g/mol. The van der Waals surface area contributed by atoms with Crippen molar-refractivity contribution in [1.29, 1.82) is 0 Å². The van der Waals surface area contributed by atoms with E-state index in [0.717, 1.165) is 0 Å². The lowest BCUT2D eigenvalue weighted by Gasteiger charge is -2.30. The molecule has 0 unspecified atom stereocenters. The van der Waals surface area contributed by atoms with E-state index in [2.05, 4.69) is 5.32 Å². The van der Waals surface area contributed by atoms with Crippen LogP contribution in [0.2, 0.25) is 0 Å². The number of nitrogens with one attached hydrogen (secondary N) is 1. The first-order valence-electron chi connectivity index (χ1n) is 3.52.